The summed E-state index contributed by atoms with van der Waals surface area (Å²) in [4.78, 5) is 0. The fourth-order valence-electron chi connectivity index (χ4n) is 3.59. The molecule has 0 atom stereocenters. The predicted molar refractivity (Wildman–Crippen MR) is 105 cm³/mol. The Kier molecular flexibility index (Phi) is 5.94. The molecule has 4 rings (SSSR count). The Hall–Kier alpha value is -2.14. The van der Waals surface area contributed by atoms with Crippen molar-refractivity contribution in [1.29, 1.82) is 10.5 Å². The van der Waals surface area contributed by atoms with Crippen molar-refractivity contribution < 1.29 is 8.78 Å². The van der Waals surface area contributed by atoms with Crippen LogP contribution in [0.4, 0.5) is 8.78 Å². The van der Waals surface area contributed by atoms with Crippen molar-refractivity contribution in [2.75, 3.05) is 0 Å². The highest BCUT2D eigenvalue weighted by Crippen LogP contribution is 2.49. The van der Waals surface area contributed by atoms with E-state index in [2.05, 4.69) is 12.1 Å². The molecule has 2 aromatic rings. The fraction of sp³-hybridized carbons (Fsp3) is 0.364. The van der Waals surface area contributed by atoms with Crippen molar-refractivity contribution in [2.45, 2.75) is 37.0 Å². The molecule has 0 amide bonds. The molecular formula is C22H18Cl2F2N2. The second-order valence-electron chi connectivity index (χ2n) is 7.41. The van der Waals surface area contributed by atoms with Gasteiger partial charge in [0.2, 0.25) is 0 Å². The van der Waals surface area contributed by atoms with Crippen LogP contribution in [0.15, 0.2) is 48.5 Å². The minimum atomic E-state index is -1.30. The molecular weight excluding hydrogens is 401 g/mol. The zero-order chi connectivity index (χ0) is 20.4. The van der Waals surface area contributed by atoms with E-state index < -0.39 is 11.3 Å². The average molecular weight is 419 g/mol. The summed E-state index contributed by atoms with van der Waals surface area (Å²) >= 11 is 11.4. The van der Waals surface area contributed by atoms with Crippen LogP contribution in [0.1, 0.15) is 36.8 Å². The van der Waals surface area contributed by atoms with E-state index in [1.165, 1.54) is 0 Å². The van der Waals surface area contributed by atoms with E-state index >= 15 is 0 Å². The number of nitriles is 2. The molecule has 28 heavy (non-hydrogen) atoms. The molecule has 0 radical (unpaired) electrons. The van der Waals surface area contributed by atoms with Crippen molar-refractivity contribution in [3.05, 3.63) is 69.7 Å². The van der Waals surface area contributed by atoms with Crippen LogP contribution >= 0.6 is 23.2 Å². The summed E-state index contributed by atoms with van der Waals surface area (Å²) in [7, 11) is 0. The summed E-state index contributed by atoms with van der Waals surface area (Å²) in [6.07, 6.45) is 1.24. The van der Waals surface area contributed by atoms with Gasteiger partial charge in [0.1, 0.15) is 11.3 Å². The molecule has 0 aliphatic heterocycles. The van der Waals surface area contributed by atoms with E-state index in [4.69, 9.17) is 33.7 Å². The SMILES string of the molecule is N#CC1CC(F)(c2ccc(Cl)cc2)C1.N#CC1CC(F)(c2ccc(Cl)cc2)C1. The maximum absolute atomic E-state index is 14.0. The Morgan fingerprint density at radius 2 is 0.964 bits per heavy atom. The lowest BCUT2D eigenvalue weighted by Gasteiger charge is -2.38. The maximum atomic E-state index is 14.0. The van der Waals surface area contributed by atoms with Crippen LogP contribution < -0.4 is 0 Å². The molecule has 2 nitrogen and oxygen atoms in total. The summed E-state index contributed by atoms with van der Waals surface area (Å²) in [6, 6.07) is 17.6. The number of hydrogen-bond acceptors (Lipinski definition) is 2. The monoisotopic (exact) mass is 418 g/mol. The van der Waals surface area contributed by atoms with Gasteiger partial charge in [-0.05, 0) is 35.4 Å². The van der Waals surface area contributed by atoms with Crippen molar-refractivity contribution in [2.24, 2.45) is 11.8 Å². The lowest BCUT2D eigenvalue weighted by atomic mass is 9.69. The second kappa shape index (κ2) is 8.08. The van der Waals surface area contributed by atoms with Crippen LogP contribution in [0, 0.1) is 34.5 Å². The lowest BCUT2D eigenvalue weighted by Crippen LogP contribution is -2.36. The Bertz CT molecular complexity index is 824. The molecule has 0 saturated heterocycles. The molecule has 2 aromatic carbocycles. The van der Waals surface area contributed by atoms with Gasteiger partial charge in [-0.2, -0.15) is 10.5 Å². The van der Waals surface area contributed by atoms with Crippen molar-refractivity contribution in [3.63, 3.8) is 0 Å². The first-order valence-corrected chi connectivity index (χ1v) is 9.73. The summed E-state index contributed by atoms with van der Waals surface area (Å²) in [6.45, 7) is 0. The van der Waals surface area contributed by atoms with Gasteiger partial charge in [-0.1, -0.05) is 47.5 Å². The molecule has 2 fully saturated rings. The highest BCUT2D eigenvalue weighted by atomic mass is 35.5. The molecule has 0 heterocycles. The quantitative estimate of drug-likeness (QED) is 0.533. The standard InChI is InChI=1S/2C11H9ClFN/c2*12-10-3-1-9(2-4-10)11(13)5-8(6-11)7-14/h2*1-4,8H,5-6H2. The molecule has 0 aromatic heterocycles. The number of alkyl halides is 2. The molecule has 0 spiro atoms. The van der Waals surface area contributed by atoms with Gasteiger partial charge in [0.25, 0.3) is 0 Å². The number of rotatable bonds is 2. The molecule has 2 aliphatic rings. The summed E-state index contributed by atoms with van der Waals surface area (Å²) in [5.41, 5.74) is -1.34. The van der Waals surface area contributed by atoms with Crippen LogP contribution in [-0.2, 0) is 11.3 Å². The van der Waals surface area contributed by atoms with Crippen LogP contribution in [0.3, 0.4) is 0 Å². The first kappa shape index (κ1) is 20.6. The molecule has 2 saturated carbocycles. The van der Waals surface area contributed by atoms with E-state index in [-0.39, 0.29) is 11.8 Å². The number of hydrogen-bond donors (Lipinski definition) is 0. The highest BCUT2D eigenvalue weighted by Gasteiger charge is 2.47. The molecule has 0 N–H and O–H groups in total. The van der Waals surface area contributed by atoms with Gasteiger partial charge in [-0.15, -0.1) is 0 Å². The van der Waals surface area contributed by atoms with Gasteiger partial charge in [-0.3, -0.25) is 0 Å². The Morgan fingerprint density at radius 1 is 0.679 bits per heavy atom. The largest absolute Gasteiger partial charge is 0.239 e. The minimum absolute atomic E-state index is 0.129. The number of benzene rings is 2. The first-order chi connectivity index (χ1) is 13.3. The van der Waals surface area contributed by atoms with E-state index in [1.54, 1.807) is 48.5 Å². The number of halogens is 4. The van der Waals surface area contributed by atoms with E-state index in [9.17, 15) is 8.78 Å². The van der Waals surface area contributed by atoms with Gasteiger partial charge in [0.15, 0.2) is 0 Å². The average Bonchev–Trinajstić information content (AvgIpc) is 2.64. The zero-order valence-electron chi connectivity index (χ0n) is 15.0. The van der Waals surface area contributed by atoms with Gasteiger partial charge < -0.3 is 0 Å². The summed E-state index contributed by atoms with van der Waals surface area (Å²) < 4.78 is 28.0. The smallest absolute Gasteiger partial charge is 0.138 e. The van der Waals surface area contributed by atoms with E-state index in [0.717, 1.165) is 0 Å². The highest BCUT2D eigenvalue weighted by molar-refractivity contribution is 6.30. The Balaban J connectivity index is 0.000000161. The van der Waals surface area contributed by atoms with Crippen LogP contribution in [0.5, 0.6) is 0 Å². The van der Waals surface area contributed by atoms with Gasteiger partial charge >= 0.3 is 0 Å². The Labute approximate surface area is 173 Å². The fourth-order valence-corrected chi connectivity index (χ4v) is 3.85. The predicted octanol–water partition coefficient (Wildman–Crippen LogP) is 6.88. The third-order valence-corrected chi connectivity index (χ3v) is 5.87. The van der Waals surface area contributed by atoms with Gasteiger partial charge in [0.05, 0.1) is 24.0 Å². The maximum Gasteiger partial charge on any atom is 0.138 e. The topological polar surface area (TPSA) is 47.6 Å². The summed E-state index contributed by atoms with van der Waals surface area (Å²) in [5.74, 6) is -0.258. The second-order valence-corrected chi connectivity index (χ2v) is 8.29. The molecule has 0 unspecified atom stereocenters. The lowest BCUT2D eigenvalue weighted by molar-refractivity contribution is 0.0270. The van der Waals surface area contributed by atoms with Crippen LogP contribution in [0.25, 0.3) is 0 Å². The van der Waals surface area contributed by atoms with Crippen molar-refractivity contribution in [1.82, 2.24) is 0 Å². The third-order valence-electron chi connectivity index (χ3n) is 5.37. The first-order valence-electron chi connectivity index (χ1n) is 8.97. The van der Waals surface area contributed by atoms with Crippen LogP contribution in [-0.4, -0.2) is 0 Å². The normalized spacial score (nSPS) is 30.5. The van der Waals surface area contributed by atoms with Gasteiger partial charge in [0, 0.05) is 35.7 Å². The molecule has 144 valence electrons. The van der Waals surface area contributed by atoms with Gasteiger partial charge in [-0.25, -0.2) is 8.78 Å². The van der Waals surface area contributed by atoms with E-state index in [1.807, 2.05) is 0 Å². The summed E-state index contributed by atoms with van der Waals surface area (Å²) in [5, 5.41) is 18.4. The molecule has 0 bridgehead atoms. The Morgan fingerprint density at radius 3 is 1.21 bits per heavy atom. The van der Waals surface area contributed by atoms with E-state index in [0.29, 0.717) is 46.9 Å². The van der Waals surface area contributed by atoms with Crippen LogP contribution in [0.2, 0.25) is 10.0 Å². The van der Waals surface area contributed by atoms with Crippen molar-refractivity contribution in [3.8, 4) is 12.1 Å². The van der Waals surface area contributed by atoms with Crippen molar-refractivity contribution >= 4 is 23.2 Å². The zero-order valence-corrected chi connectivity index (χ0v) is 16.5. The molecule has 6 heteroatoms. The third kappa shape index (κ3) is 4.30. The molecule has 2 aliphatic carbocycles. The number of nitrogens with zero attached hydrogens (tertiary/aromatic N) is 2. The minimum Gasteiger partial charge on any atom is -0.239 e.